The number of esters is 1. The zero-order valence-electron chi connectivity index (χ0n) is 54.9. The summed E-state index contributed by atoms with van der Waals surface area (Å²) in [6.07, 6.45) is 86.0. The van der Waals surface area contributed by atoms with Gasteiger partial charge in [-0.3, -0.25) is 9.59 Å². The second-order valence-electron chi connectivity index (χ2n) is 26.0. The first-order valence-corrected chi connectivity index (χ1v) is 37.3. The van der Waals surface area contributed by atoms with Crippen LogP contribution in [0, 0.1) is 0 Å². The predicted molar refractivity (Wildman–Crippen MR) is 352 cm³/mol. The molecule has 0 aliphatic rings. The summed E-state index contributed by atoms with van der Waals surface area (Å²) in [5, 5.41) is 23.5. The van der Waals surface area contributed by atoms with Crippen molar-refractivity contribution < 1.29 is 24.5 Å². The van der Waals surface area contributed by atoms with Gasteiger partial charge in [-0.05, 0) is 25.7 Å². The Morgan fingerprint density at radius 1 is 0.300 bits per heavy atom. The lowest BCUT2D eigenvalue weighted by Gasteiger charge is -2.22. The molecular weight excluding hydrogens is 983 g/mol. The van der Waals surface area contributed by atoms with Gasteiger partial charge in [0.1, 0.15) is 0 Å². The summed E-state index contributed by atoms with van der Waals surface area (Å²) in [7, 11) is 0. The van der Waals surface area contributed by atoms with Crippen LogP contribution in [0.3, 0.4) is 0 Å². The van der Waals surface area contributed by atoms with Crippen molar-refractivity contribution in [3.8, 4) is 0 Å². The van der Waals surface area contributed by atoms with E-state index in [0.29, 0.717) is 25.9 Å². The number of rotatable bonds is 71. The molecule has 1 amide bonds. The lowest BCUT2D eigenvalue weighted by atomic mass is 10.0. The molecule has 0 saturated carbocycles. The zero-order valence-corrected chi connectivity index (χ0v) is 54.9. The average molecular weight is 1130 g/mol. The van der Waals surface area contributed by atoms with E-state index in [1.165, 1.54) is 366 Å². The van der Waals surface area contributed by atoms with E-state index in [1.54, 1.807) is 0 Å². The van der Waals surface area contributed by atoms with Crippen molar-refractivity contribution in [3.05, 3.63) is 0 Å². The molecule has 0 fully saturated rings. The first kappa shape index (κ1) is 78.9. The molecule has 2 unspecified atom stereocenters. The number of aliphatic hydroxyl groups excluding tert-OH is 2. The minimum absolute atomic E-state index is 0.0211. The van der Waals surface area contributed by atoms with E-state index in [2.05, 4.69) is 19.2 Å². The van der Waals surface area contributed by atoms with E-state index in [4.69, 9.17) is 4.74 Å². The van der Waals surface area contributed by atoms with Crippen molar-refractivity contribution in [1.29, 1.82) is 0 Å². The number of amides is 1. The number of aliphatic hydroxyl groups is 2. The average Bonchev–Trinajstić information content (AvgIpc) is 3.46. The Kier molecular flexibility index (Phi) is 69.3. The molecule has 0 aliphatic carbocycles. The molecule has 0 radical (unpaired) electrons. The quantitative estimate of drug-likeness (QED) is 0.0417. The third-order valence-corrected chi connectivity index (χ3v) is 17.9. The second-order valence-corrected chi connectivity index (χ2v) is 26.0. The maximum absolute atomic E-state index is 12.6. The lowest BCUT2D eigenvalue weighted by molar-refractivity contribution is -0.143. The van der Waals surface area contributed by atoms with Gasteiger partial charge >= 0.3 is 5.97 Å². The van der Waals surface area contributed by atoms with Gasteiger partial charge in [0.2, 0.25) is 5.91 Å². The Bertz CT molecular complexity index is 1160. The molecule has 0 aromatic carbocycles. The maximum Gasteiger partial charge on any atom is 0.305 e. The minimum atomic E-state index is -0.663. The third kappa shape index (κ3) is 66.0. The topological polar surface area (TPSA) is 95.9 Å². The molecule has 0 aromatic rings. The Hall–Kier alpha value is -1.14. The smallest absolute Gasteiger partial charge is 0.305 e. The first-order chi connectivity index (χ1) is 39.5. The second kappa shape index (κ2) is 70.3. The minimum Gasteiger partial charge on any atom is -0.466 e. The fourth-order valence-corrected chi connectivity index (χ4v) is 12.2. The molecule has 6 heteroatoms. The van der Waals surface area contributed by atoms with Crippen LogP contribution in [0.15, 0.2) is 0 Å². The van der Waals surface area contributed by atoms with Crippen LogP contribution in [-0.4, -0.2) is 47.4 Å². The Labute approximate surface area is 502 Å². The number of carbonyl (C=O) groups is 2. The van der Waals surface area contributed by atoms with Gasteiger partial charge in [-0.25, -0.2) is 0 Å². The van der Waals surface area contributed by atoms with Crippen molar-refractivity contribution in [2.45, 2.75) is 450 Å². The van der Waals surface area contributed by atoms with E-state index < -0.39 is 12.1 Å². The van der Waals surface area contributed by atoms with E-state index in [1.807, 2.05) is 0 Å². The molecular formula is C74H147NO5. The van der Waals surface area contributed by atoms with Gasteiger partial charge in [0.25, 0.3) is 0 Å². The van der Waals surface area contributed by atoms with Crippen LogP contribution < -0.4 is 5.32 Å². The molecule has 0 heterocycles. The highest BCUT2D eigenvalue weighted by Gasteiger charge is 2.20. The monoisotopic (exact) mass is 1130 g/mol. The largest absolute Gasteiger partial charge is 0.466 e. The van der Waals surface area contributed by atoms with E-state index in [9.17, 15) is 19.8 Å². The van der Waals surface area contributed by atoms with E-state index in [0.717, 1.165) is 38.5 Å². The zero-order chi connectivity index (χ0) is 57.8. The van der Waals surface area contributed by atoms with Gasteiger partial charge in [-0.2, -0.15) is 0 Å². The summed E-state index contributed by atoms with van der Waals surface area (Å²) in [5.74, 6) is -0.00501. The van der Waals surface area contributed by atoms with Crippen LogP contribution in [0.4, 0.5) is 0 Å². The van der Waals surface area contributed by atoms with Crippen LogP contribution in [0.25, 0.3) is 0 Å². The fraction of sp³-hybridized carbons (Fsp3) is 0.973. The standard InChI is InChI=1S/C74H147NO5/c1-3-5-7-9-11-13-15-17-18-19-20-21-27-30-33-36-39-43-46-50-54-58-62-66-72(77)71(70-76)75-73(78)67-63-59-55-51-47-44-40-37-34-31-28-25-23-22-24-26-29-32-35-38-41-45-49-53-57-61-65-69-80-74(79)68-64-60-56-52-48-42-16-14-12-10-8-6-4-2/h71-72,76-77H,3-70H2,1-2H3,(H,75,78). The van der Waals surface area contributed by atoms with Gasteiger partial charge in [0, 0.05) is 12.8 Å². The number of hydrogen-bond acceptors (Lipinski definition) is 5. The summed E-state index contributed by atoms with van der Waals surface area (Å²) in [5.41, 5.74) is 0. The molecule has 3 N–H and O–H groups in total. The van der Waals surface area contributed by atoms with Crippen LogP contribution in [-0.2, 0) is 14.3 Å². The van der Waals surface area contributed by atoms with Crippen molar-refractivity contribution in [2.24, 2.45) is 0 Å². The van der Waals surface area contributed by atoms with Gasteiger partial charge in [-0.1, -0.05) is 399 Å². The summed E-state index contributed by atoms with van der Waals surface area (Å²) in [6.45, 7) is 5.01. The van der Waals surface area contributed by atoms with E-state index >= 15 is 0 Å². The molecule has 0 bridgehead atoms. The fourth-order valence-electron chi connectivity index (χ4n) is 12.2. The lowest BCUT2D eigenvalue weighted by Crippen LogP contribution is -2.45. The van der Waals surface area contributed by atoms with Crippen molar-refractivity contribution >= 4 is 11.9 Å². The van der Waals surface area contributed by atoms with Crippen LogP contribution in [0.1, 0.15) is 438 Å². The summed E-state index contributed by atoms with van der Waals surface area (Å²) in [4.78, 5) is 24.6. The summed E-state index contributed by atoms with van der Waals surface area (Å²) in [6, 6.07) is -0.539. The number of unbranched alkanes of at least 4 members (excludes halogenated alkanes) is 60. The molecule has 0 rings (SSSR count). The van der Waals surface area contributed by atoms with Crippen molar-refractivity contribution in [2.75, 3.05) is 13.2 Å². The van der Waals surface area contributed by atoms with Crippen LogP contribution in [0.5, 0.6) is 0 Å². The maximum atomic E-state index is 12.6. The molecule has 80 heavy (non-hydrogen) atoms. The van der Waals surface area contributed by atoms with E-state index in [-0.39, 0.29) is 18.5 Å². The van der Waals surface area contributed by atoms with Gasteiger partial charge in [0.15, 0.2) is 0 Å². The first-order valence-electron chi connectivity index (χ1n) is 37.3. The van der Waals surface area contributed by atoms with Crippen LogP contribution >= 0.6 is 0 Å². The van der Waals surface area contributed by atoms with Gasteiger partial charge in [-0.15, -0.1) is 0 Å². The number of ether oxygens (including phenoxy) is 1. The number of hydrogen-bond donors (Lipinski definition) is 3. The summed E-state index contributed by atoms with van der Waals surface area (Å²) >= 11 is 0. The summed E-state index contributed by atoms with van der Waals surface area (Å²) < 4.78 is 5.49. The third-order valence-electron chi connectivity index (χ3n) is 17.9. The Morgan fingerprint density at radius 3 is 0.762 bits per heavy atom. The Balaban J connectivity index is 3.34. The SMILES string of the molecule is CCCCCCCCCCCCCCCCCCCCCCCCCC(O)C(CO)NC(=O)CCCCCCCCCCCCCCCCCCCCCCCCCCCCCOC(=O)CCCCCCCCCCCCCCC. The molecule has 2 atom stereocenters. The number of carbonyl (C=O) groups excluding carboxylic acids is 2. The highest BCUT2D eigenvalue weighted by atomic mass is 16.5. The molecule has 0 aliphatic heterocycles. The highest BCUT2D eigenvalue weighted by Crippen LogP contribution is 2.20. The predicted octanol–water partition coefficient (Wildman–Crippen LogP) is 24.2. The van der Waals surface area contributed by atoms with Gasteiger partial charge < -0.3 is 20.3 Å². The van der Waals surface area contributed by atoms with Gasteiger partial charge in [0.05, 0.1) is 25.4 Å². The molecule has 0 saturated heterocycles. The van der Waals surface area contributed by atoms with Crippen LogP contribution in [0.2, 0.25) is 0 Å². The van der Waals surface area contributed by atoms with Crippen molar-refractivity contribution in [3.63, 3.8) is 0 Å². The Morgan fingerprint density at radius 2 is 0.512 bits per heavy atom. The normalized spacial score (nSPS) is 12.4. The number of nitrogens with one attached hydrogen (secondary N) is 1. The molecule has 6 nitrogen and oxygen atoms in total. The molecule has 0 aromatic heterocycles. The van der Waals surface area contributed by atoms with Crippen molar-refractivity contribution in [1.82, 2.24) is 5.32 Å². The highest BCUT2D eigenvalue weighted by molar-refractivity contribution is 5.76. The molecule has 478 valence electrons. The molecule has 0 spiro atoms.